The standard InChI is InChI=1S/C24H26N4O3S/c1-6-28-23(30)22-21(17-12-16(31-5)9-10-19(17)27(22)4)26-24(28)32-13-20(29)25-18-11-14(2)7-8-15(18)3/h7-12H,6,13H2,1-5H3,(H,25,29). The first-order valence-corrected chi connectivity index (χ1v) is 11.4. The molecule has 0 radical (unpaired) electrons. The summed E-state index contributed by atoms with van der Waals surface area (Å²) in [5, 5.41) is 4.34. The molecule has 4 aromatic rings. The smallest absolute Gasteiger partial charge is 0.278 e. The van der Waals surface area contributed by atoms with Crippen molar-refractivity contribution in [2.24, 2.45) is 7.05 Å². The van der Waals surface area contributed by atoms with Crippen molar-refractivity contribution in [3.63, 3.8) is 0 Å². The molecule has 2 heterocycles. The largest absolute Gasteiger partial charge is 0.497 e. The Balaban J connectivity index is 1.70. The third-order valence-electron chi connectivity index (χ3n) is 5.58. The molecule has 0 saturated carbocycles. The predicted molar refractivity (Wildman–Crippen MR) is 130 cm³/mol. The fourth-order valence-corrected chi connectivity index (χ4v) is 4.69. The summed E-state index contributed by atoms with van der Waals surface area (Å²) in [7, 11) is 3.48. The van der Waals surface area contributed by atoms with Gasteiger partial charge in [0.2, 0.25) is 5.91 Å². The highest BCUT2D eigenvalue weighted by atomic mass is 32.2. The molecular weight excluding hydrogens is 424 g/mol. The summed E-state index contributed by atoms with van der Waals surface area (Å²) >= 11 is 1.27. The second-order valence-electron chi connectivity index (χ2n) is 7.74. The van der Waals surface area contributed by atoms with Gasteiger partial charge in [-0.3, -0.25) is 14.2 Å². The summed E-state index contributed by atoms with van der Waals surface area (Å²) in [4.78, 5) is 30.7. The molecule has 0 unspecified atom stereocenters. The fourth-order valence-electron chi connectivity index (χ4n) is 3.84. The first-order valence-electron chi connectivity index (χ1n) is 10.4. The topological polar surface area (TPSA) is 78.2 Å². The molecular formula is C24H26N4O3S. The number of aryl methyl sites for hydroxylation is 3. The number of thioether (sulfide) groups is 1. The first-order chi connectivity index (χ1) is 15.3. The minimum Gasteiger partial charge on any atom is -0.497 e. The lowest BCUT2D eigenvalue weighted by molar-refractivity contribution is -0.113. The van der Waals surface area contributed by atoms with Gasteiger partial charge in [0.1, 0.15) is 16.8 Å². The number of hydrogen-bond donors (Lipinski definition) is 1. The van der Waals surface area contributed by atoms with E-state index in [0.717, 1.165) is 27.7 Å². The van der Waals surface area contributed by atoms with Crippen LogP contribution in [0.25, 0.3) is 21.9 Å². The van der Waals surface area contributed by atoms with Gasteiger partial charge in [0.15, 0.2) is 5.16 Å². The van der Waals surface area contributed by atoms with E-state index >= 15 is 0 Å². The summed E-state index contributed by atoms with van der Waals surface area (Å²) in [5.41, 5.74) is 4.83. The van der Waals surface area contributed by atoms with Crippen LogP contribution >= 0.6 is 11.8 Å². The zero-order valence-corrected chi connectivity index (χ0v) is 19.7. The van der Waals surface area contributed by atoms with E-state index in [0.29, 0.717) is 28.5 Å². The number of carbonyl (C=O) groups excluding carboxylic acids is 1. The molecule has 4 rings (SSSR count). The van der Waals surface area contributed by atoms with E-state index in [-0.39, 0.29) is 17.2 Å². The van der Waals surface area contributed by atoms with Crippen molar-refractivity contribution in [1.82, 2.24) is 14.1 Å². The van der Waals surface area contributed by atoms with Gasteiger partial charge in [-0.15, -0.1) is 0 Å². The summed E-state index contributed by atoms with van der Waals surface area (Å²) < 4.78 is 8.85. The Morgan fingerprint density at radius 1 is 1.19 bits per heavy atom. The van der Waals surface area contributed by atoms with Crippen LogP contribution in [0, 0.1) is 13.8 Å². The summed E-state index contributed by atoms with van der Waals surface area (Å²) in [6.07, 6.45) is 0. The molecule has 0 spiro atoms. The monoisotopic (exact) mass is 450 g/mol. The average Bonchev–Trinajstić information content (AvgIpc) is 3.06. The summed E-state index contributed by atoms with van der Waals surface area (Å²) in [6.45, 7) is 6.32. The number of aromatic nitrogens is 3. The normalized spacial score (nSPS) is 11.3. The van der Waals surface area contributed by atoms with Crippen LogP contribution in [0.1, 0.15) is 18.1 Å². The van der Waals surface area contributed by atoms with Gasteiger partial charge in [-0.25, -0.2) is 4.98 Å². The second kappa shape index (κ2) is 8.70. The lowest BCUT2D eigenvalue weighted by Crippen LogP contribution is -2.24. The highest BCUT2D eigenvalue weighted by molar-refractivity contribution is 7.99. The van der Waals surface area contributed by atoms with Crippen LogP contribution in [0.3, 0.4) is 0 Å². The number of methoxy groups -OCH3 is 1. The number of rotatable bonds is 6. The van der Waals surface area contributed by atoms with E-state index in [1.807, 2.05) is 68.8 Å². The zero-order valence-electron chi connectivity index (χ0n) is 18.9. The lowest BCUT2D eigenvalue weighted by Gasteiger charge is -2.12. The fraction of sp³-hybridized carbons (Fsp3) is 0.292. The number of ether oxygens (including phenoxy) is 1. The third-order valence-corrected chi connectivity index (χ3v) is 6.56. The molecule has 0 aliphatic rings. The maximum Gasteiger partial charge on any atom is 0.278 e. The van der Waals surface area contributed by atoms with Crippen LogP contribution in [0.15, 0.2) is 46.3 Å². The van der Waals surface area contributed by atoms with Crippen molar-refractivity contribution in [1.29, 1.82) is 0 Å². The number of carbonyl (C=O) groups is 1. The van der Waals surface area contributed by atoms with E-state index in [4.69, 9.17) is 9.72 Å². The van der Waals surface area contributed by atoms with E-state index in [2.05, 4.69) is 5.32 Å². The predicted octanol–water partition coefficient (Wildman–Crippen LogP) is 4.26. The number of amides is 1. The van der Waals surface area contributed by atoms with Gasteiger partial charge < -0.3 is 14.6 Å². The molecule has 0 fully saturated rings. The minimum atomic E-state index is -0.139. The molecule has 2 aromatic heterocycles. The van der Waals surface area contributed by atoms with Gasteiger partial charge in [-0.1, -0.05) is 23.9 Å². The third kappa shape index (κ3) is 3.86. The summed E-state index contributed by atoms with van der Waals surface area (Å²) in [6, 6.07) is 11.6. The van der Waals surface area contributed by atoms with E-state index in [1.165, 1.54) is 11.8 Å². The number of nitrogens with one attached hydrogen (secondary N) is 1. The molecule has 0 saturated heterocycles. The van der Waals surface area contributed by atoms with Crippen molar-refractivity contribution < 1.29 is 9.53 Å². The maximum absolute atomic E-state index is 13.3. The van der Waals surface area contributed by atoms with Crippen LogP contribution in [-0.2, 0) is 18.4 Å². The molecule has 0 aliphatic carbocycles. The Morgan fingerprint density at radius 3 is 2.69 bits per heavy atom. The quantitative estimate of drug-likeness (QED) is 0.351. The molecule has 0 aliphatic heterocycles. The van der Waals surface area contributed by atoms with Gasteiger partial charge in [-0.2, -0.15) is 0 Å². The van der Waals surface area contributed by atoms with Crippen LogP contribution < -0.4 is 15.6 Å². The zero-order chi connectivity index (χ0) is 23.0. The molecule has 32 heavy (non-hydrogen) atoms. The van der Waals surface area contributed by atoms with E-state index < -0.39 is 0 Å². The SMILES string of the molecule is CCn1c(SCC(=O)Nc2cc(C)ccc2C)nc2c3cc(OC)ccc3n(C)c2c1=O. The Bertz CT molecular complexity index is 1400. The van der Waals surface area contributed by atoms with Crippen molar-refractivity contribution >= 4 is 45.3 Å². The second-order valence-corrected chi connectivity index (χ2v) is 8.68. The van der Waals surface area contributed by atoms with Gasteiger partial charge >= 0.3 is 0 Å². The Labute approximate surface area is 190 Å². The number of anilines is 1. The molecule has 7 nitrogen and oxygen atoms in total. The lowest BCUT2D eigenvalue weighted by atomic mass is 10.1. The molecule has 8 heteroatoms. The van der Waals surface area contributed by atoms with Crippen LogP contribution in [0.5, 0.6) is 5.75 Å². The first kappa shape index (κ1) is 22.0. The number of fused-ring (bicyclic) bond motifs is 3. The van der Waals surface area contributed by atoms with Crippen molar-refractivity contribution in [3.05, 3.63) is 57.9 Å². The molecule has 0 bridgehead atoms. The van der Waals surface area contributed by atoms with Crippen molar-refractivity contribution in [2.45, 2.75) is 32.5 Å². The molecule has 1 N–H and O–H groups in total. The van der Waals surface area contributed by atoms with Crippen LogP contribution in [0.4, 0.5) is 5.69 Å². The summed E-state index contributed by atoms with van der Waals surface area (Å²) in [5.74, 6) is 0.716. The average molecular weight is 451 g/mol. The van der Waals surface area contributed by atoms with Crippen molar-refractivity contribution in [3.8, 4) is 5.75 Å². The highest BCUT2D eigenvalue weighted by Crippen LogP contribution is 2.30. The van der Waals surface area contributed by atoms with Gasteiger partial charge in [0.25, 0.3) is 5.56 Å². The van der Waals surface area contributed by atoms with Gasteiger partial charge in [0.05, 0.1) is 18.4 Å². The molecule has 1 amide bonds. The number of hydrogen-bond acceptors (Lipinski definition) is 5. The molecule has 2 aromatic carbocycles. The van der Waals surface area contributed by atoms with Crippen LogP contribution in [-0.4, -0.2) is 32.9 Å². The van der Waals surface area contributed by atoms with Gasteiger partial charge in [-0.05, 0) is 56.2 Å². The Morgan fingerprint density at radius 2 is 1.97 bits per heavy atom. The molecule has 0 atom stereocenters. The van der Waals surface area contributed by atoms with E-state index in [1.54, 1.807) is 11.7 Å². The van der Waals surface area contributed by atoms with E-state index in [9.17, 15) is 9.59 Å². The Hall–Kier alpha value is -3.26. The highest BCUT2D eigenvalue weighted by Gasteiger charge is 2.19. The Kier molecular flexibility index (Phi) is 5.97. The maximum atomic E-state index is 13.3. The van der Waals surface area contributed by atoms with Crippen LogP contribution in [0.2, 0.25) is 0 Å². The number of nitrogens with zero attached hydrogens (tertiary/aromatic N) is 3. The minimum absolute atomic E-state index is 0.118. The molecule has 166 valence electrons. The number of benzene rings is 2. The van der Waals surface area contributed by atoms with Crippen molar-refractivity contribution in [2.75, 3.05) is 18.2 Å². The van der Waals surface area contributed by atoms with Gasteiger partial charge in [0, 0.05) is 24.7 Å².